The van der Waals surface area contributed by atoms with Crippen molar-refractivity contribution < 1.29 is 19.1 Å². The summed E-state index contributed by atoms with van der Waals surface area (Å²) < 4.78 is 10.9. The summed E-state index contributed by atoms with van der Waals surface area (Å²) in [5, 5.41) is 0. The first-order chi connectivity index (χ1) is 12.7. The van der Waals surface area contributed by atoms with Gasteiger partial charge in [-0.05, 0) is 43.4 Å². The lowest BCUT2D eigenvalue weighted by atomic mass is 10.1. The Balaban J connectivity index is 1.66. The van der Waals surface area contributed by atoms with Gasteiger partial charge in [0.15, 0.2) is 0 Å². The smallest absolute Gasteiger partial charge is 0.242 e. The lowest BCUT2D eigenvalue weighted by molar-refractivity contribution is -0.143. The van der Waals surface area contributed by atoms with Crippen molar-refractivity contribution in [1.82, 2.24) is 9.80 Å². The molecular weight excluding hydrogens is 332 g/mol. The molecule has 0 saturated carbocycles. The van der Waals surface area contributed by atoms with Gasteiger partial charge in [-0.15, -0.1) is 0 Å². The zero-order valence-electron chi connectivity index (χ0n) is 15.5. The predicted octanol–water partition coefficient (Wildman–Crippen LogP) is 2.22. The first-order valence-corrected chi connectivity index (χ1v) is 9.46. The third kappa shape index (κ3) is 4.97. The number of ether oxygens (including phenoxy) is 2. The van der Waals surface area contributed by atoms with Crippen LogP contribution in [0.1, 0.15) is 37.7 Å². The predicted molar refractivity (Wildman–Crippen MR) is 97.8 cm³/mol. The second-order valence-electron chi connectivity index (χ2n) is 7.03. The fourth-order valence-electron chi connectivity index (χ4n) is 3.53. The van der Waals surface area contributed by atoms with Crippen molar-refractivity contribution in [2.24, 2.45) is 0 Å². The molecule has 2 fully saturated rings. The Kier molecular flexibility index (Phi) is 6.50. The largest absolute Gasteiger partial charge is 0.497 e. The Hall–Kier alpha value is -2.08. The van der Waals surface area contributed by atoms with Gasteiger partial charge in [-0.2, -0.15) is 0 Å². The first kappa shape index (κ1) is 18.7. The van der Waals surface area contributed by atoms with Crippen LogP contribution in [0.2, 0.25) is 0 Å². The highest BCUT2D eigenvalue weighted by Crippen LogP contribution is 2.18. The summed E-state index contributed by atoms with van der Waals surface area (Å²) in [6.45, 7) is 2.71. The maximum absolute atomic E-state index is 12.9. The molecule has 2 heterocycles. The van der Waals surface area contributed by atoms with E-state index in [-0.39, 0.29) is 24.5 Å². The van der Waals surface area contributed by atoms with Crippen molar-refractivity contribution in [2.75, 3.05) is 33.4 Å². The van der Waals surface area contributed by atoms with Crippen molar-refractivity contribution in [3.63, 3.8) is 0 Å². The second-order valence-corrected chi connectivity index (χ2v) is 7.03. The van der Waals surface area contributed by atoms with Gasteiger partial charge < -0.3 is 19.3 Å². The zero-order valence-corrected chi connectivity index (χ0v) is 15.5. The van der Waals surface area contributed by atoms with Crippen LogP contribution in [0.3, 0.4) is 0 Å². The molecule has 0 aliphatic carbocycles. The average molecular weight is 360 g/mol. The minimum Gasteiger partial charge on any atom is -0.497 e. The molecule has 2 aliphatic rings. The number of hydrogen-bond acceptors (Lipinski definition) is 4. The Morgan fingerprint density at radius 3 is 2.73 bits per heavy atom. The Morgan fingerprint density at radius 2 is 2.08 bits per heavy atom. The highest BCUT2D eigenvalue weighted by Gasteiger charge is 2.26. The Labute approximate surface area is 155 Å². The number of benzene rings is 1. The molecule has 0 N–H and O–H groups in total. The standard InChI is InChI=1S/C20H28N2O4/c1-25-17-9-7-16(8-10-17)13-22(14-18-5-4-12-26-18)20(24)15-21-11-3-2-6-19(21)23/h7-10,18H,2-6,11-15H2,1H3/t18-/m0/s1. The van der Waals surface area contributed by atoms with Crippen LogP contribution in [-0.4, -0.2) is 61.1 Å². The van der Waals surface area contributed by atoms with Gasteiger partial charge in [0.25, 0.3) is 0 Å². The highest BCUT2D eigenvalue weighted by molar-refractivity contribution is 5.85. The number of hydrogen-bond donors (Lipinski definition) is 0. The van der Waals surface area contributed by atoms with Crippen molar-refractivity contribution in [3.05, 3.63) is 29.8 Å². The van der Waals surface area contributed by atoms with Crippen molar-refractivity contribution in [3.8, 4) is 5.75 Å². The van der Waals surface area contributed by atoms with Gasteiger partial charge in [0.2, 0.25) is 11.8 Å². The lowest BCUT2D eigenvalue weighted by Gasteiger charge is -2.31. The van der Waals surface area contributed by atoms with E-state index in [0.717, 1.165) is 43.6 Å². The van der Waals surface area contributed by atoms with E-state index in [2.05, 4.69) is 0 Å². The van der Waals surface area contributed by atoms with E-state index in [1.165, 1.54) is 0 Å². The van der Waals surface area contributed by atoms with Crippen molar-refractivity contribution in [2.45, 2.75) is 44.8 Å². The van der Waals surface area contributed by atoms with Crippen LogP contribution in [0.4, 0.5) is 0 Å². The summed E-state index contributed by atoms with van der Waals surface area (Å²) in [5.74, 6) is 0.877. The van der Waals surface area contributed by atoms with E-state index < -0.39 is 0 Å². The second kappa shape index (κ2) is 9.03. The van der Waals surface area contributed by atoms with E-state index in [9.17, 15) is 9.59 Å². The van der Waals surface area contributed by atoms with Crippen LogP contribution in [0.5, 0.6) is 5.75 Å². The first-order valence-electron chi connectivity index (χ1n) is 9.46. The SMILES string of the molecule is COc1ccc(CN(C[C@@H]2CCCO2)C(=O)CN2CCCCC2=O)cc1. The number of rotatable bonds is 7. The minimum absolute atomic E-state index is 0.00781. The lowest BCUT2D eigenvalue weighted by Crippen LogP contribution is -2.46. The minimum atomic E-state index is -0.00781. The molecule has 0 bridgehead atoms. The van der Waals surface area contributed by atoms with Crippen molar-refractivity contribution >= 4 is 11.8 Å². The van der Waals surface area contributed by atoms with Gasteiger partial charge in [0, 0.05) is 32.7 Å². The summed E-state index contributed by atoms with van der Waals surface area (Å²) in [7, 11) is 1.64. The molecule has 3 rings (SSSR count). The topological polar surface area (TPSA) is 59.1 Å². The number of methoxy groups -OCH3 is 1. The molecule has 26 heavy (non-hydrogen) atoms. The number of likely N-dealkylation sites (tertiary alicyclic amines) is 1. The molecule has 2 aliphatic heterocycles. The molecule has 1 aromatic rings. The molecule has 6 heteroatoms. The Morgan fingerprint density at radius 1 is 1.27 bits per heavy atom. The van der Waals surface area contributed by atoms with Gasteiger partial charge in [0.1, 0.15) is 5.75 Å². The summed E-state index contributed by atoms with van der Waals surface area (Å²) in [5.41, 5.74) is 1.04. The monoisotopic (exact) mass is 360 g/mol. The number of carbonyl (C=O) groups is 2. The molecule has 0 aromatic heterocycles. The van der Waals surface area contributed by atoms with Gasteiger partial charge in [-0.3, -0.25) is 9.59 Å². The van der Waals surface area contributed by atoms with Crippen LogP contribution in [-0.2, 0) is 20.9 Å². The highest BCUT2D eigenvalue weighted by atomic mass is 16.5. The Bertz CT molecular complexity index is 611. The van der Waals surface area contributed by atoms with Crippen LogP contribution in [0, 0.1) is 0 Å². The molecule has 6 nitrogen and oxygen atoms in total. The van der Waals surface area contributed by atoms with E-state index in [0.29, 0.717) is 26.1 Å². The summed E-state index contributed by atoms with van der Waals surface area (Å²) in [6, 6.07) is 7.75. The van der Waals surface area contributed by atoms with Crippen LogP contribution >= 0.6 is 0 Å². The third-order valence-electron chi connectivity index (χ3n) is 5.08. The van der Waals surface area contributed by atoms with Crippen molar-refractivity contribution in [1.29, 1.82) is 0 Å². The normalized spacial score (nSPS) is 20.3. The maximum atomic E-state index is 12.9. The zero-order chi connectivity index (χ0) is 18.4. The molecule has 142 valence electrons. The molecule has 0 radical (unpaired) electrons. The number of piperidine rings is 1. The van der Waals surface area contributed by atoms with Crippen LogP contribution < -0.4 is 4.74 Å². The van der Waals surface area contributed by atoms with E-state index in [1.807, 2.05) is 29.2 Å². The number of nitrogens with zero attached hydrogens (tertiary/aromatic N) is 2. The van der Waals surface area contributed by atoms with Gasteiger partial charge in [-0.25, -0.2) is 0 Å². The fourth-order valence-corrected chi connectivity index (χ4v) is 3.53. The maximum Gasteiger partial charge on any atom is 0.242 e. The molecule has 0 spiro atoms. The fraction of sp³-hybridized carbons (Fsp3) is 0.600. The van der Waals surface area contributed by atoms with Crippen LogP contribution in [0.15, 0.2) is 24.3 Å². The number of carbonyl (C=O) groups excluding carboxylic acids is 2. The molecular formula is C20H28N2O4. The van der Waals surface area contributed by atoms with E-state index in [1.54, 1.807) is 12.0 Å². The van der Waals surface area contributed by atoms with Crippen LogP contribution in [0.25, 0.3) is 0 Å². The third-order valence-corrected chi connectivity index (χ3v) is 5.08. The molecule has 2 saturated heterocycles. The van der Waals surface area contributed by atoms with E-state index in [4.69, 9.17) is 9.47 Å². The van der Waals surface area contributed by atoms with E-state index >= 15 is 0 Å². The molecule has 1 aromatic carbocycles. The summed E-state index contributed by atoms with van der Waals surface area (Å²) >= 11 is 0. The quantitative estimate of drug-likeness (QED) is 0.748. The summed E-state index contributed by atoms with van der Waals surface area (Å²) in [6.07, 6.45) is 4.57. The summed E-state index contributed by atoms with van der Waals surface area (Å²) in [4.78, 5) is 28.5. The number of amides is 2. The van der Waals surface area contributed by atoms with Gasteiger partial charge in [-0.1, -0.05) is 12.1 Å². The molecule has 0 unspecified atom stereocenters. The average Bonchev–Trinajstić information content (AvgIpc) is 3.17. The van der Waals surface area contributed by atoms with Gasteiger partial charge in [0.05, 0.1) is 19.8 Å². The molecule has 1 atom stereocenters. The van der Waals surface area contributed by atoms with Gasteiger partial charge >= 0.3 is 0 Å². The molecule has 2 amide bonds.